The van der Waals surface area contributed by atoms with Crippen molar-refractivity contribution in [2.24, 2.45) is 11.7 Å². The van der Waals surface area contributed by atoms with Crippen LogP contribution in [0.5, 0.6) is 0 Å². The van der Waals surface area contributed by atoms with Crippen molar-refractivity contribution < 1.29 is 4.39 Å². The van der Waals surface area contributed by atoms with Gasteiger partial charge in [0.1, 0.15) is 5.82 Å². The van der Waals surface area contributed by atoms with Gasteiger partial charge in [0.15, 0.2) is 0 Å². The molecule has 0 saturated heterocycles. The van der Waals surface area contributed by atoms with Gasteiger partial charge in [-0.1, -0.05) is 17.7 Å². The highest BCUT2D eigenvalue weighted by Gasteiger charge is 1.87. The average Bonchev–Trinajstić information content (AvgIpc) is 2.41. The lowest BCUT2D eigenvalue weighted by molar-refractivity contribution is 0.628. The number of benzene rings is 2. The van der Waals surface area contributed by atoms with Crippen LogP contribution < -0.4 is 22.5 Å². The van der Waals surface area contributed by atoms with E-state index in [-0.39, 0.29) is 5.82 Å². The summed E-state index contributed by atoms with van der Waals surface area (Å²) in [7, 11) is 0. The number of nitrogen functional groups attached to an aromatic ring is 2. The molecule has 0 aromatic heterocycles. The van der Waals surface area contributed by atoms with Crippen LogP contribution in [0.3, 0.4) is 0 Å². The summed E-state index contributed by atoms with van der Waals surface area (Å²) in [5, 5.41) is 0. The second-order valence-corrected chi connectivity index (χ2v) is 3.66. The van der Waals surface area contributed by atoms with E-state index in [1.807, 2.05) is 31.2 Å². The molecule has 2 rings (SSSR count). The Kier molecular flexibility index (Phi) is 5.63. The summed E-state index contributed by atoms with van der Waals surface area (Å²) < 4.78 is 12.2. The number of aryl methyl sites for hydroxylation is 1. The van der Waals surface area contributed by atoms with Crippen LogP contribution in [0.15, 0.2) is 48.5 Å². The molecule has 0 atom stereocenters. The molecule has 18 heavy (non-hydrogen) atoms. The number of hydrogen-bond acceptors (Lipinski definition) is 4. The monoisotopic (exact) mass is 248 g/mol. The summed E-state index contributed by atoms with van der Waals surface area (Å²) in [6, 6.07) is 13.7. The smallest absolute Gasteiger partial charge is 0.123 e. The van der Waals surface area contributed by atoms with Gasteiger partial charge in [0.25, 0.3) is 0 Å². The van der Waals surface area contributed by atoms with Crippen molar-refractivity contribution in [3.05, 3.63) is 59.9 Å². The topological polar surface area (TPSA) is 76.1 Å². The zero-order chi connectivity index (χ0) is 13.4. The molecule has 0 unspecified atom stereocenters. The Morgan fingerprint density at radius 2 is 1.17 bits per heavy atom. The number of hydrogen-bond donors (Lipinski definition) is 4. The lowest BCUT2D eigenvalue weighted by Crippen LogP contribution is -2.05. The van der Waals surface area contributed by atoms with E-state index in [0.29, 0.717) is 5.69 Å². The van der Waals surface area contributed by atoms with Crippen molar-refractivity contribution in [2.45, 2.75) is 6.92 Å². The molecule has 0 amide bonds. The molecule has 0 aliphatic carbocycles. The Bertz CT molecular complexity index is 408. The highest BCUT2D eigenvalue weighted by molar-refractivity contribution is 5.42. The van der Waals surface area contributed by atoms with Crippen molar-refractivity contribution in [1.29, 1.82) is 0 Å². The lowest BCUT2D eigenvalue weighted by atomic mass is 10.2. The Hall–Kier alpha value is -2.11. The van der Waals surface area contributed by atoms with Crippen LogP contribution in [0.4, 0.5) is 15.8 Å². The zero-order valence-electron chi connectivity index (χ0n) is 10.2. The summed E-state index contributed by atoms with van der Waals surface area (Å²) in [5.74, 6) is 9.92. The molecule has 0 fully saturated rings. The van der Waals surface area contributed by atoms with Crippen LogP contribution in [0.2, 0.25) is 0 Å². The Morgan fingerprint density at radius 3 is 1.56 bits per heavy atom. The Labute approximate surface area is 106 Å². The van der Waals surface area contributed by atoms with E-state index in [1.165, 1.54) is 17.7 Å². The maximum Gasteiger partial charge on any atom is 0.123 e. The van der Waals surface area contributed by atoms with Gasteiger partial charge in [-0.15, -0.1) is 0 Å². The second-order valence-electron chi connectivity index (χ2n) is 3.66. The van der Waals surface area contributed by atoms with Crippen LogP contribution in [-0.4, -0.2) is 0 Å². The number of hydrazine groups is 2. The molecule has 2 aromatic carbocycles. The van der Waals surface area contributed by atoms with Gasteiger partial charge in [-0.25, -0.2) is 4.39 Å². The predicted octanol–water partition coefficient (Wildman–Crippen LogP) is 2.39. The summed E-state index contributed by atoms with van der Waals surface area (Å²) in [4.78, 5) is 0. The largest absolute Gasteiger partial charge is 0.324 e. The molecule has 2 aromatic rings. The minimum Gasteiger partial charge on any atom is -0.324 e. The van der Waals surface area contributed by atoms with E-state index in [0.717, 1.165) is 5.69 Å². The van der Waals surface area contributed by atoms with E-state index in [1.54, 1.807) is 12.1 Å². The SMILES string of the molecule is Cc1ccc(NN)cc1.NNc1ccc(F)cc1. The van der Waals surface area contributed by atoms with Crippen LogP contribution >= 0.6 is 0 Å². The van der Waals surface area contributed by atoms with Crippen LogP contribution in [0.25, 0.3) is 0 Å². The average molecular weight is 248 g/mol. The van der Waals surface area contributed by atoms with E-state index < -0.39 is 0 Å². The van der Waals surface area contributed by atoms with E-state index in [2.05, 4.69) is 10.9 Å². The Morgan fingerprint density at radius 1 is 0.778 bits per heavy atom. The van der Waals surface area contributed by atoms with Gasteiger partial charge < -0.3 is 10.9 Å². The maximum atomic E-state index is 12.2. The third-order valence-corrected chi connectivity index (χ3v) is 2.23. The minimum absolute atomic E-state index is 0.256. The predicted molar refractivity (Wildman–Crippen MR) is 73.2 cm³/mol. The summed E-state index contributed by atoms with van der Waals surface area (Å²) in [5.41, 5.74) is 7.84. The Balaban J connectivity index is 0.000000180. The van der Waals surface area contributed by atoms with Gasteiger partial charge in [0, 0.05) is 11.4 Å². The highest BCUT2D eigenvalue weighted by atomic mass is 19.1. The van der Waals surface area contributed by atoms with E-state index >= 15 is 0 Å². The molecular weight excluding hydrogens is 231 g/mol. The molecule has 0 spiro atoms. The lowest BCUT2D eigenvalue weighted by Gasteiger charge is -1.97. The first-order valence-electron chi connectivity index (χ1n) is 5.41. The van der Waals surface area contributed by atoms with Crippen molar-refractivity contribution in [1.82, 2.24) is 0 Å². The number of nitrogens with one attached hydrogen (secondary N) is 2. The minimum atomic E-state index is -0.256. The molecule has 0 heterocycles. The molecule has 0 aliphatic rings. The van der Waals surface area contributed by atoms with Crippen molar-refractivity contribution in [3.8, 4) is 0 Å². The van der Waals surface area contributed by atoms with Gasteiger partial charge in [-0.05, 0) is 43.3 Å². The summed E-state index contributed by atoms with van der Waals surface area (Å²) in [6.45, 7) is 2.04. The third-order valence-electron chi connectivity index (χ3n) is 2.23. The highest BCUT2D eigenvalue weighted by Crippen LogP contribution is 2.06. The van der Waals surface area contributed by atoms with Crippen molar-refractivity contribution in [3.63, 3.8) is 0 Å². The van der Waals surface area contributed by atoms with Crippen LogP contribution in [0.1, 0.15) is 5.56 Å². The number of halogens is 1. The molecular formula is C13H17FN4. The fourth-order valence-electron chi connectivity index (χ4n) is 1.20. The molecule has 0 radical (unpaired) electrons. The van der Waals surface area contributed by atoms with Crippen LogP contribution in [-0.2, 0) is 0 Å². The molecule has 96 valence electrons. The van der Waals surface area contributed by atoms with Gasteiger partial charge in [-0.2, -0.15) is 0 Å². The first-order chi connectivity index (χ1) is 8.65. The standard InChI is InChI=1S/C7H10N2.C6H7FN2/c1-6-2-4-7(9-8)5-3-6;7-5-1-3-6(9-8)4-2-5/h2-5,9H,8H2,1H3;1-4,9H,8H2. The molecule has 0 saturated carbocycles. The summed E-state index contributed by atoms with van der Waals surface area (Å²) in [6.07, 6.45) is 0. The maximum absolute atomic E-state index is 12.2. The fourth-order valence-corrected chi connectivity index (χ4v) is 1.20. The number of nitrogens with two attached hydrogens (primary N) is 2. The number of rotatable bonds is 2. The van der Waals surface area contributed by atoms with Crippen LogP contribution in [0, 0.1) is 12.7 Å². The normalized spacial score (nSPS) is 9.11. The van der Waals surface area contributed by atoms with Crippen molar-refractivity contribution in [2.75, 3.05) is 10.9 Å². The van der Waals surface area contributed by atoms with Crippen molar-refractivity contribution >= 4 is 11.4 Å². The molecule has 4 nitrogen and oxygen atoms in total. The molecule has 5 heteroatoms. The van der Waals surface area contributed by atoms with Gasteiger partial charge >= 0.3 is 0 Å². The quantitative estimate of drug-likeness (QED) is 0.486. The number of anilines is 2. The third kappa shape index (κ3) is 4.82. The first-order valence-corrected chi connectivity index (χ1v) is 5.41. The molecule has 0 aliphatic heterocycles. The second kappa shape index (κ2) is 7.26. The first kappa shape index (κ1) is 14.0. The zero-order valence-corrected chi connectivity index (χ0v) is 10.2. The summed E-state index contributed by atoms with van der Waals surface area (Å²) >= 11 is 0. The van der Waals surface area contributed by atoms with Gasteiger partial charge in [0.05, 0.1) is 0 Å². The van der Waals surface area contributed by atoms with E-state index in [9.17, 15) is 4.39 Å². The van der Waals surface area contributed by atoms with E-state index in [4.69, 9.17) is 11.7 Å². The van der Waals surface area contributed by atoms with Gasteiger partial charge in [0.2, 0.25) is 0 Å². The fraction of sp³-hybridized carbons (Fsp3) is 0.0769. The van der Waals surface area contributed by atoms with Gasteiger partial charge in [-0.3, -0.25) is 11.7 Å². The molecule has 6 N–H and O–H groups in total. The molecule has 0 bridgehead atoms.